The van der Waals surface area contributed by atoms with Gasteiger partial charge in [-0.1, -0.05) is 51.3 Å². The monoisotopic (exact) mass is 400 g/mol. The van der Waals surface area contributed by atoms with E-state index >= 15 is 0 Å². The molecule has 1 aliphatic carbocycles. The molecule has 1 aliphatic heterocycles. The molecule has 6 heteroatoms. The van der Waals surface area contributed by atoms with E-state index in [2.05, 4.69) is 23.9 Å². The molecule has 2 aliphatic rings. The summed E-state index contributed by atoms with van der Waals surface area (Å²) in [6.45, 7) is 5.09. The lowest BCUT2D eigenvalue weighted by atomic mass is 9.65. The zero-order valence-corrected chi connectivity index (χ0v) is 17.7. The summed E-state index contributed by atoms with van der Waals surface area (Å²) in [7, 11) is 1.34. The molecule has 1 spiro atoms. The van der Waals surface area contributed by atoms with Gasteiger partial charge in [0.15, 0.2) is 0 Å². The van der Waals surface area contributed by atoms with Gasteiger partial charge in [0.2, 0.25) is 5.91 Å². The first-order chi connectivity index (χ1) is 13.9. The van der Waals surface area contributed by atoms with Crippen molar-refractivity contribution in [2.75, 3.05) is 20.2 Å². The molecule has 1 fully saturated rings. The van der Waals surface area contributed by atoms with Crippen molar-refractivity contribution in [2.24, 2.45) is 5.92 Å². The second-order valence-corrected chi connectivity index (χ2v) is 8.61. The summed E-state index contributed by atoms with van der Waals surface area (Å²) in [6.07, 6.45) is 4.94. The fraction of sp³-hybridized carbons (Fsp3) is 0.609. The molecule has 6 nitrogen and oxygen atoms in total. The van der Waals surface area contributed by atoms with Crippen molar-refractivity contribution >= 4 is 17.8 Å². The summed E-state index contributed by atoms with van der Waals surface area (Å²) in [5, 5.41) is 2.94. The largest absolute Gasteiger partial charge is 0.469 e. The maximum atomic E-state index is 13.5. The van der Waals surface area contributed by atoms with Crippen LogP contribution in [0.2, 0.25) is 0 Å². The topological polar surface area (TPSA) is 75.7 Å². The number of rotatable bonds is 6. The highest BCUT2D eigenvalue weighted by Gasteiger charge is 2.54. The molecule has 1 aromatic carbocycles. The number of ether oxygens (including phenoxy) is 1. The molecular weight excluding hydrogens is 368 g/mol. The summed E-state index contributed by atoms with van der Waals surface area (Å²) in [5.41, 5.74) is 0.941. The Morgan fingerprint density at radius 1 is 1.21 bits per heavy atom. The van der Waals surface area contributed by atoms with E-state index < -0.39 is 11.5 Å². The van der Waals surface area contributed by atoms with Crippen LogP contribution in [-0.4, -0.2) is 48.4 Å². The molecule has 0 saturated heterocycles. The lowest BCUT2D eigenvalue weighted by Crippen LogP contribution is -2.63. The van der Waals surface area contributed by atoms with E-state index in [-0.39, 0.29) is 30.7 Å². The molecule has 3 rings (SSSR count). The molecule has 1 aromatic rings. The van der Waals surface area contributed by atoms with Gasteiger partial charge in [-0.25, -0.2) is 0 Å². The highest BCUT2D eigenvalue weighted by atomic mass is 16.5. The number of nitrogens with one attached hydrogen (secondary N) is 1. The van der Waals surface area contributed by atoms with Gasteiger partial charge < -0.3 is 15.0 Å². The highest BCUT2D eigenvalue weighted by Crippen LogP contribution is 2.49. The molecule has 1 N–H and O–H groups in total. The molecule has 0 aromatic heterocycles. The van der Waals surface area contributed by atoms with Crippen molar-refractivity contribution in [1.29, 1.82) is 0 Å². The number of hydrogen-bond acceptors (Lipinski definition) is 4. The number of nitrogens with zero attached hydrogens (tertiary/aromatic N) is 1. The second kappa shape index (κ2) is 8.97. The minimum atomic E-state index is -0.497. The summed E-state index contributed by atoms with van der Waals surface area (Å²) < 4.78 is 4.68. The first-order valence-electron chi connectivity index (χ1n) is 10.7. The van der Waals surface area contributed by atoms with Gasteiger partial charge in [0.05, 0.1) is 25.0 Å². The summed E-state index contributed by atoms with van der Waals surface area (Å²) in [6, 6.07) is 7.50. The fourth-order valence-corrected chi connectivity index (χ4v) is 4.97. The predicted molar refractivity (Wildman–Crippen MR) is 111 cm³/mol. The van der Waals surface area contributed by atoms with Crippen LogP contribution >= 0.6 is 0 Å². The van der Waals surface area contributed by atoms with Gasteiger partial charge in [-0.2, -0.15) is 0 Å². The Balaban J connectivity index is 2.01. The van der Waals surface area contributed by atoms with Gasteiger partial charge in [0, 0.05) is 18.7 Å². The van der Waals surface area contributed by atoms with E-state index in [1.54, 1.807) is 0 Å². The number of amides is 2. The quantitative estimate of drug-likeness (QED) is 0.744. The number of fused-ring (bicyclic) bond motifs is 1. The number of carbonyl (C=O) groups excluding carboxylic acids is 3. The van der Waals surface area contributed by atoms with Crippen LogP contribution in [-0.2, 0) is 14.3 Å². The molecule has 1 unspecified atom stereocenters. The Hall–Kier alpha value is -2.37. The summed E-state index contributed by atoms with van der Waals surface area (Å²) in [4.78, 5) is 40.4. The van der Waals surface area contributed by atoms with Gasteiger partial charge in [-0.05, 0) is 30.4 Å². The van der Waals surface area contributed by atoms with Crippen molar-refractivity contribution in [2.45, 2.75) is 63.8 Å². The highest BCUT2D eigenvalue weighted by molar-refractivity contribution is 6.02. The van der Waals surface area contributed by atoms with Crippen LogP contribution in [0.5, 0.6) is 0 Å². The standard InChI is InChI=1S/C23H32N2O4/c1-16(2)15-25-22(28)18-10-6-5-9-17(18)20(23(25)12-7-4-8-13-23)21(27)24-14-11-19(26)29-3/h5-6,9-10,16,20H,4,7-8,11-15H2,1-3H3,(H,24,27). The molecule has 1 atom stereocenters. The van der Waals surface area contributed by atoms with Crippen molar-refractivity contribution in [3.8, 4) is 0 Å². The Morgan fingerprint density at radius 3 is 2.55 bits per heavy atom. The summed E-state index contributed by atoms with van der Waals surface area (Å²) in [5.74, 6) is -0.531. The van der Waals surface area contributed by atoms with Crippen LogP contribution in [0.15, 0.2) is 24.3 Å². The van der Waals surface area contributed by atoms with Gasteiger partial charge in [0.25, 0.3) is 5.91 Å². The molecule has 29 heavy (non-hydrogen) atoms. The van der Waals surface area contributed by atoms with Crippen molar-refractivity contribution in [1.82, 2.24) is 10.2 Å². The van der Waals surface area contributed by atoms with E-state index in [1.165, 1.54) is 7.11 Å². The molecule has 158 valence electrons. The Labute approximate surface area is 173 Å². The molecule has 0 radical (unpaired) electrons. The number of methoxy groups -OCH3 is 1. The second-order valence-electron chi connectivity index (χ2n) is 8.61. The number of esters is 1. The number of hydrogen-bond donors (Lipinski definition) is 1. The third-order valence-corrected chi connectivity index (χ3v) is 6.21. The first kappa shape index (κ1) is 21.3. The smallest absolute Gasteiger partial charge is 0.307 e. The minimum Gasteiger partial charge on any atom is -0.469 e. The Kier molecular flexibility index (Phi) is 6.60. The fourth-order valence-electron chi connectivity index (χ4n) is 4.97. The van der Waals surface area contributed by atoms with E-state index in [0.29, 0.717) is 18.0 Å². The zero-order chi connectivity index (χ0) is 21.0. The van der Waals surface area contributed by atoms with Crippen LogP contribution in [0.4, 0.5) is 0 Å². The molecular formula is C23H32N2O4. The Bertz CT molecular complexity index is 768. The SMILES string of the molecule is COC(=O)CCNC(=O)C1c2ccccc2C(=O)N(CC(C)C)C12CCCCC2. The van der Waals surface area contributed by atoms with Gasteiger partial charge >= 0.3 is 5.97 Å². The van der Waals surface area contributed by atoms with Gasteiger partial charge in [0.1, 0.15) is 0 Å². The average Bonchev–Trinajstić information content (AvgIpc) is 2.71. The third-order valence-electron chi connectivity index (χ3n) is 6.21. The van der Waals surface area contributed by atoms with E-state index in [0.717, 1.165) is 37.7 Å². The Morgan fingerprint density at radius 2 is 1.90 bits per heavy atom. The number of carbonyl (C=O) groups is 3. The first-order valence-corrected chi connectivity index (χ1v) is 10.7. The molecule has 2 amide bonds. The van der Waals surface area contributed by atoms with Gasteiger partial charge in [-0.3, -0.25) is 14.4 Å². The van der Waals surface area contributed by atoms with Crippen LogP contribution in [0.25, 0.3) is 0 Å². The zero-order valence-electron chi connectivity index (χ0n) is 17.7. The summed E-state index contributed by atoms with van der Waals surface area (Å²) >= 11 is 0. The van der Waals surface area contributed by atoms with E-state index in [4.69, 9.17) is 0 Å². The lowest BCUT2D eigenvalue weighted by Gasteiger charge is -2.54. The van der Waals surface area contributed by atoms with Crippen molar-refractivity contribution in [3.05, 3.63) is 35.4 Å². The van der Waals surface area contributed by atoms with E-state index in [1.807, 2.05) is 29.2 Å². The van der Waals surface area contributed by atoms with Gasteiger partial charge in [-0.15, -0.1) is 0 Å². The average molecular weight is 401 g/mol. The van der Waals surface area contributed by atoms with Crippen LogP contribution in [0.1, 0.15) is 74.2 Å². The molecule has 1 heterocycles. The van der Waals surface area contributed by atoms with E-state index in [9.17, 15) is 14.4 Å². The van der Waals surface area contributed by atoms with Crippen molar-refractivity contribution < 1.29 is 19.1 Å². The molecule has 0 bridgehead atoms. The minimum absolute atomic E-state index is 0.0369. The maximum absolute atomic E-state index is 13.5. The number of benzene rings is 1. The van der Waals surface area contributed by atoms with Crippen LogP contribution < -0.4 is 5.32 Å². The van der Waals surface area contributed by atoms with Crippen LogP contribution in [0.3, 0.4) is 0 Å². The van der Waals surface area contributed by atoms with Crippen molar-refractivity contribution in [3.63, 3.8) is 0 Å². The predicted octanol–water partition coefficient (Wildman–Crippen LogP) is 3.26. The normalized spacial score (nSPS) is 20.5. The lowest BCUT2D eigenvalue weighted by molar-refractivity contribution is -0.140. The molecule has 1 saturated carbocycles. The maximum Gasteiger partial charge on any atom is 0.307 e. The third kappa shape index (κ3) is 4.16. The van der Waals surface area contributed by atoms with Crippen LogP contribution in [0, 0.1) is 5.92 Å².